The standard InChI is InChI=1S/C21H29N5O2/c1-28-20-9-7-19(8-10-20)5-2-11-24-12-4-13-25(16-15-24)21(27)6-3-14-26-18-22-17-23-26/h2,5,7-10,17-18H,3-4,6,11-16H2,1H3. The molecule has 1 aromatic heterocycles. The minimum atomic E-state index is 0.246. The van der Waals surface area contributed by atoms with Crippen molar-refractivity contribution in [2.45, 2.75) is 25.8 Å². The van der Waals surface area contributed by atoms with Crippen molar-refractivity contribution in [3.8, 4) is 5.75 Å². The summed E-state index contributed by atoms with van der Waals surface area (Å²) in [5, 5.41) is 4.07. The molecule has 1 aliphatic heterocycles. The van der Waals surface area contributed by atoms with E-state index in [9.17, 15) is 4.79 Å². The van der Waals surface area contributed by atoms with Gasteiger partial charge in [-0.3, -0.25) is 14.4 Å². The van der Waals surface area contributed by atoms with Crippen LogP contribution in [0.15, 0.2) is 43.0 Å². The van der Waals surface area contributed by atoms with Gasteiger partial charge in [-0.2, -0.15) is 5.10 Å². The molecule has 1 fully saturated rings. The molecule has 7 heteroatoms. The number of aryl methyl sites for hydroxylation is 1. The molecule has 2 heterocycles. The first-order valence-corrected chi connectivity index (χ1v) is 9.88. The first kappa shape index (κ1) is 20.1. The second-order valence-corrected chi connectivity index (χ2v) is 6.97. The van der Waals surface area contributed by atoms with Crippen LogP contribution in [0.1, 0.15) is 24.8 Å². The summed E-state index contributed by atoms with van der Waals surface area (Å²) in [6.07, 6.45) is 9.92. The molecule has 0 bridgehead atoms. The van der Waals surface area contributed by atoms with Gasteiger partial charge in [-0.05, 0) is 30.5 Å². The zero-order valence-corrected chi connectivity index (χ0v) is 16.5. The van der Waals surface area contributed by atoms with Crippen LogP contribution in [0.4, 0.5) is 0 Å². The summed E-state index contributed by atoms with van der Waals surface area (Å²) in [4.78, 5) is 20.8. The van der Waals surface area contributed by atoms with Crippen LogP contribution in [0.2, 0.25) is 0 Å². The Hall–Kier alpha value is -2.67. The monoisotopic (exact) mass is 383 g/mol. The molecule has 3 rings (SSSR count). The zero-order valence-electron chi connectivity index (χ0n) is 16.5. The number of ether oxygens (including phenoxy) is 1. The molecule has 7 nitrogen and oxygen atoms in total. The Morgan fingerprint density at radius 3 is 2.79 bits per heavy atom. The maximum absolute atomic E-state index is 12.5. The number of rotatable bonds is 8. The Morgan fingerprint density at radius 2 is 2.04 bits per heavy atom. The summed E-state index contributed by atoms with van der Waals surface area (Å²) in [7, 11) is 1.68. The van der Waals surface area contributed by atoms with E-state index in [-0.39, 0.29) is 5.91 Å². The van der Waals surface area contributed by atoms with E-state index in [4.69, 9.17) is 4.74 Å². The molecule has 150 valence electrons. The fraction of sp³-hybridized carbons (Fsp3) is 0.476. The molecule has 28 heavy (non-hydrogen) atoms. The second kappa shape index (κ2) is 10.6. The number of carbonyl (C=O) groups excluding carboxylic acids is 1. The highest BCUT2D eigenvalue weighted by Crippen LogP contribution is 2.12. The molecule has 0 radical (unpaired) electrons. The van der Waals surface area contributed by atoms with Gasteiger partial charge in [0.25, 0.3) is 0 Å². The van der Waals surface area contributed by atoms with Crippen molar-refractivity contribution < 1.29 is 9.53 Å². The van der Waals surface area contributed by atoms with Crippen molar-refractivity contribution in [1.29, 1.82) is 0 Å². The third kappa shape index (κ3) is 6.20. The van der Waals surface area contributed by atoms with E-state index in [2.05, 4.69) is 39.3 Å². The summed E-state index contributed by atoms with van der Waals surface area (Å²) < 4.78 is 6.95. The molecule has 0 aliphatic carbocycles. The Labute approximate surface area is 166 Å². The lowest BCUT2D eigenvalue weighted by Gasteiger charge is -2.21. The molecule has 1 saturated heterocycles. The van der Waals surface area contributed by atoms with Gasteiger partial charge < -0.3 is 9.64 Å². The van der Waals surface area contributed by atoms with E-state index in [1.165, 1.54) is 11.9 Å². The van der Waals surface area contributed by atoms with Gasteiger partial charge in [-0.1, -0.05) is 24.3 Å². The number of hydrogen-bond donors (Lipinski definition) is 0. The van der Waals surface area contributed by atoms with E-state index in [0.717, 1.165) is 57.9 Å². The number of benzene rings is 1. The third-order valence-electron chi connectivity index (χ3n) is 4.98. The van der Waals surface area contributed by atoms with E-state index in [0.29, 0.717) is 6.42 Å². The SMILES string of the molecule is COc1ccc(C=CCN2CCCN(C(=O)CCCn3cncn3)CC2)cc1. The number of aromatic nitrogens is 3. The van der Waals surface area contributed by atoms with Gasteiger partial charge in [0, 0.05) is 45.7 Å². The van der Waals surface area contributed by atoms with Crippen LogP contribution in [0.5, 0.6) is 5.75 Å². The number of methoxy groups -OCH3 is 1. The predicted molar refractivity (Wildman–Crippen MR) is 109 cm³/mol. The molecule has 0 unspecified atom stereocenters. The van der Waals surface area contributed by atoms with Gasteiger partial charge in [0.05, 0.1) is 7.11 Å². The number of hydrogen-bond acceptors (Lipinski definition) is 5. The maximum Gasteiger partial charge on any atom is 0.222 e. The minimum Gasteiger partial charge on any atom is -0.497 e. The van der Waals surface area contributed by atoms with Crippen molar-refractivity contribution in [2.24, 2.45) is 0 Å². The molecule has 1 amide bonds. The fourth-order valence-electron chi connectivity index (χ4n) is 3.35. The van der Waals surface area contributed by atoms with Gasteiger partial charge in [0.2, 0.25) is 5.91 Å². The largest absolute Gasteiger partial charge is 0.497 e. The Bertz CT molecular complexity index is 743. The molecular weight excluding hydrogens is 354 g/mol. The average Bonchev–Trinajstić information content (AvgIpc) is 3.12. The first-order chi connectivity index (χ1) is 13.7. The van der Waals surface area contributed by atoms with Crippen molar-refractivity contribution in [1.82, 2.24) is 24.6 Å². The predicted octanol–water partition coefficient (Wildman–Crippen LogP) is 2.31. The molecule has 2 aromatic rings. The smallest absolute Gasteiger partial charge is 0.222 e. The van der Waals surface area contributed by atoms with Crippen LogP contribution in [0.25, 0.3) is 6.08 Å². The van der Waals surface area contributed by atoms with Crippen LogP contribution < -0.4 is 4.74 Å². The number of carbonyl (C=O) groups is 1. The van der Waals surface area contributed by atoms with Crippen molar-refractivity contribution in [3.05, 3.63) is 48.6 Å². The van der Waals surface area contributed by atoms with E-state index in [1.54, 1.807) is 18.1 Å². The van der Waals surface area contributed by atoms with Crippen LogP contribution in [-0.2, 0) is 11.3 Å². The van der Waals surface area contributed by atoms with Crippen LogP contribution in [0, 0.1) is 0 Å². The number of amides is 1. The first-order valence-electron chi connectivity index (χ1n) is 9.88. The Balaban J connectivity index is 1.38. The van der Waals surface area contributed by atoms with Gasteiger partial charge in [-0.25, -0.2) is 4.98 Å². The van der Waals surface area contributed by atoms with E-state index < -0.39 is 0 Å². The molecule has 1 aromatic carbocycles. The quantitative estimate of drug-likeness (QED) is 0.700. The van der Waals surface area contributed by atoms with Crippen LogP contribution >= 0.6 is 0 Å². The molecule has 0 saturated carbocycles. The molecule has 0 spiro atoms. The van der Waals surface area contributed by atoms with Gasteiger partial charge in [0.1, 0.15) is 18.4 Å². The summed E-state index contributed by atoms with van der Waals surface area (Å²) in [6, 6.07) is 8.05. The summed E-state index contributed by atoms with van der Waals surface area (Å²) >= 11 is 0. The molecule has 1 aliphatic rings. The molecular formula is C21H29N5O2. The highest BCUT2D eigenvalue weighted by Gasteiger charge is 2.18. The average molecular weight is 383 g/mol. The fourth-order valence-corrected chi connectivity index (χ4v) is 3.35. The Morgan fingerprint density at radius 1 is 1.18 bits per heavy atom. The van der Waals surface area contributed by atoms with Gasteiger partial charge in [0.15, 0.2) is 0 Å². The topological polar surface area (TPSA) is 63.5 Å². The van der Waals surface area contributed by atoms with Crippen LogP contribution in [0.3, 0.4) is 0 Å². The van der Waals surface area contributed by atoms with Crippen molar-refractivity contribution in [2.75, 3.05) is 39.8 Å². The number of nitrogens with zero attached hydrogens (tertiary/aromatic N) is 5. The lowest BCUT2D eigenvalue weighted by atomic mass is 10.2. The van der Waals surface area contributed by atoms with Gasteiger partial charge >= 0.3 is 0 Å². The summed E-state index contributed by atoms with van der Waals surface area (Å²) in [5.41, 5.74) is 1.17. The highest BCUT2D eigenvalue weighted by molar-refractivity contribution is 5.76. The highest BCUT2D eigenvalue weighted by atomic mass is 16.5. The normalized spacial score (nSPS) is 15.7. The summed E-state index contributed by atoms with van der Waals surface area (Å²) in [6.45, 7) is 5.24. The van der Waals surface area contributed by atoms with Crippen molar-refractivity contribution in [3.63, 3.8) is 0 Å². The maximum atomic E-state index is 12.5. The third-order valence-corrected chi connectivity index (χ3v) is 4.98. The summed E-state index contributed by atoms with van der Waals surface area (Å²) in [5.74, 6) is 1.12. The zero-order chi connectivity index (χ0) is 19.6. The molecule has 0 N–H and O–H groups in total. The minimum absolute atomic E-state index is 0.246. The molecule has 0 atom stereocenters. The van der Waals surface area contributed by atoms with E-state index >= 15 is 0 Å². The lowest BCUT2D eigenvalue weighted by Crippen LogP contribution is -2.35. The lowest BCUT2D eigenvalue weighted by molar-refractivity contribution is -0.131. The van der Waals surface area contributed by atoms with Crippen molar-refractivity contribution >= 4 is 12.0 Å². The Kier molecular flexibility index (Phi) is 7.61. The van der Waals surface area contributed by atoms with Gasteiger partial charge in [-0.15, -0.1) is 0 Å². The van der Waals surface area contributed by atoms with E-state index in [1.807, 2.05) is 17.0 Å². The van der Waals surface area contributed by atoms with Crippen LogP contribution in [-0.4, -0.2) is 70.3 Å². The second-order valence-electron chi connectivity index (χ2n) is 6.97.